The highest BCUT2D eigenvalue weighted by Crippen LogP contribution is 2.34. The van der Waals surface area contributed by atoms with Crippen molar-refractivity contribution >= 4 is 52.8 Å². The molecule has 1 aromatic carbocycles. The Morgan fingerprint density at radius 1 is 1.15 bits per heavy atom. The van der Waals surface area contributed by atoms with Gasteiger partial charge in [-0.05, 0) is 81.9 Å². The van der Waals surface area contributed by atoms with E-state index in [-0.39, 0.29) is 6.10 Å². The molecule has 0 saturated carbocycles. The summed E-state index contributed by atoms with van der Waals surface area (Å²) in [6, 6.07) is 9.89. The third-order valence-electron chi connectivity index (χ3n) is 6.88. The van der Waals surface area contributed by atoms with Crippen molar-refractivity contribution in [2.75, 3.05) is 26.2 Å². The van der Waals surface area contributed by atoms with Crippen LogP contribution in [0.4, 0.5) is 0 Å². The first kappa shape index (κ1) is 32.7. The van der Waals surface area contributed by atoms with Crippen LogP contribution in [0.1, 0.15) is 37.9 Å². The molecule has 0 spiro atoms. The molecule has 8 nitrogen and oxygen atoms in total. The summed E-state index contributed by atoms with van der Waals surface area (Å²) in [4.78, 5) is 12.7. The van der Waals surface area contributed by atoms with Crippen LogP contribution in [0.15, 0.2) is 40.9 Å². The fraction of sp³-hybridized carbons (Fsp3) is 0.500. The molecule has 0 aliphatic carbocycles. The number of aryl methyl sites for hydroxylation is 2. The molecule has 2 aromatic heterocycles. The van der Waals surface area contributed by atoms with E-state index < -0.39 is 0 Å². The first-order valence-corrected chi connectivity index (χ1v) is 14.9. The average molecular weight is 633 g/mol. The highest BCUT2D eigenvalue weighted by molar-refractivity contribution is 6.41. The van der Waals surface area contributed by atoms with Gasteiger partial charge < -0.3 is 25.1 Å². The molecule has 2 fully saturated rings. The smallest absolute Gasteiger partial charge is 0.207 e. The number of hydrogen-bond donors (Lipinski definition) is 3. The maximum absolute atomic E-state index is 10.3. The number of halogens is 4. The summed E-state index contributed by atoms with van der Waals surface area (Å²) < 4.78 is 6.88. The van der Waals surface area contributed by atoms with Gasteiger partial charge in [0.25, 0.3) is 0 Å². The lowest BCUT2D eigenvalue weighted by Crippen LogP contribution is -2.49. The number of piperidine rings is 2. The third-order valence-corrected chi connectivity index (χ3v) is 8.19. The predicted molar refractivity (Wildman–Crippen MR) is 162 cm³/mol. The molecule has 3 N–H and O–H groups in total. The maximum atomic E-state index is 10.3. The van der Waals surface area contributed by atoms with Crippen molar-refractivity contribution in [2.24, 2.45) is 7.05 Å². The molecule has 3 atom stereocenters. The standard InChI is InChI=1S/C13H25N3O2.C9H8Cl2N2O.C6H4Cl2/c17-10-15-12-4-3-11(14-8-12)5-7-16-6-1-2-13(18)9-16;1-5-3-6(9(11)14-5)8-7(10)4-12-13(8)2;7-5-3-1-2-4-6(5)8/h10-14,18H,1-9H2,(H,15,17);3-4H,1-2H3;1-4H. The number of aromatic nitrogens is 2. The Morgan fingerprint density at radius 2 is 1.88 bits per heavy atom. The van der Waals surface area contributed by atoms with Gasteiger partial charge in [-0.2, -0.15) is 5.10 Å². The van der Waals surface area contributed by atoms with E-state index in [2.05, 4.69) is 20.6 Å². The normalized spacial score (nSPS) is 21.0. The zero-order valence-corrected chi connectivity index (χ0v) is 25.8. The van der Waals surface area contributed by atoms with Crippen LogP contribution in [0.25, 0.3) is 11.3 Å². The minimum Gasteiger partial charge on any atom is -0.449 e. The number of furan rings is 1. The molecule has 2 aliphatic heterocycles. The zero-order chi connectivity index (χ0) is 29.1. The van der Waals surface area contributed by atoms with Gasteiger partial charge in [-0.3, -0.25) is 9.48 Å². The summed E-state index contributed by atoms with van der Waals surface area (Å²) in [6.45, 7) is 5.74. The number of nitrogens with one attached hydrogen (secondary N) is 2. The summed E-state index contributed by atoms with van der Waals surface area (Å²) in [5, 5.41) is 22.1. The Morgan fingerprint density at radius 3 is 2.38 bits per heavy atom. The number of rotatable bonds is 6. The van der Waals surface area contributed by atoms with Crippen LogP contribution >= 0.6 is 46.4 Å². The fourth-order valence-corrected chi connectivity index (χ4v) is 5.58. The lowest BCUT2D eigenvalue weighted by Gasteiger charge is -2.33. The molecular weight excluding hydrogens is 596 g/mol. The third kappa shape index (κ3) is 10.2. The second kappa shape index (κ2) is 16.6. The Bertz CT molecular complexity index is 1160. The Kier molecular flexibility index (Phi) is 13.6. The predicted octanol–water partition coefficient (Wildman–Crippen LogP) is 5.99. The van der Waals surface area contributed by atoms with E-state index in [0.29, 0.717) is 32.4 Å². The number of nitrogens with zero attached hydrogens (tertiary/aromatic N) is 3. The van der Waals surface area contributed by atoms with Crippen LogP contribution in [0.2, 0.25) is 20.3 Å². The number of carbonyl (C=O) groups excluding carboxylic acids is 1. The quantitative estimate of drug-likeness (QED) is 0.289. The Balaban J connectivity index is 0.000000178. The number of likely N-dealkylation sites (tertiary alicyclic amines) is 1. The summed E-state index contributed by atoms with van der Waals surface area (Å²) in [7, 11) is 1.81. The van der Waals surface area contributed by atoms with Crippen molar-refractivity contribution in [2.45, 2.75) is 57.2 Å². The highest BCUT2D eigenvalue weighted by atomic mass is 35.5. The van der Waals surface area contributed by atoms with Crippen molar-refractivity contribution in [3.8, 4) is 11.3 Å². The van der Waals surface area contributed by atoms with E-state index >= 15 is 0 Å². The molecule has 1 amide bonds. The van der Waals surface area contributed by atoms with Crippen molar-refractivity contribution in [1.82, 2.24) is 25.3 Å². The van der Waals surface area contributed by atoms with E-state index in [1.54, 1.807) is 30.1 Å². The molecule has 12 heteroatoms. The lowest BCUT2D eigenvalue weighted by molar-refractivity contribution is -0.110. The largest absolute Gasteiger partial charge is 0.449 e. The summed E-state index contributed by atoms with van der Waals surface area (Å²) in [5.41, 5.74) is 1.54. The summed E-state index contributed by atoms with van der Waals surface area (Å²) in [5.74, 6) is 0.752. The van der Waals surface area contributed by atoms with E-state index in [1.165, 1.54) is 0 Å². The number of aliphatic hydroxyl groups is 1. The number of benzene rings is 1. The summed E-state index contributed by atoms with van der Waals surface area (Å²) >= 11 is 23.0. The molecule has 220 valence electrons. The minimum absolute atomic E-state index is 0.126. The fourth-order valence-electron chi connectivity index (χ4n) is 4.77. The Labute approximate surface area is 255 Å². The van der Waals surface area contributed by atoms with Crippen LogP contribution in [-0.4, -0.2) is 70.6 Å². The molecule has 0 bridgehead atoms. The van der Waals surface area contributed by atoms with Crippen molar-refractivity contribution in [3.63, 3.8) is 0 Å². The number of hydrogen-bond acceptors (Lipinski definition) is 6. The van der Waals surface area contributed by atoms with Crippen LogP contribution in [0.5, 0.6) is 0 Å². The van der Waals surface area contributed by atoms with Gasteiger partial charge in [-0.1, -0.05) is 46.9 Å². The van der Waals surface area contributed by atoms with Gasteiger partial charge in [0.05, 0.1) is 38.6 Å². The Hall–Kier alpha value is -1.78. The van der Waals surface area contributed by atoms with E-state index in [0.717, 1.165) is 81.7 Å². The monoisotopic (exact) mass is 631 g/mol. The number of aliphatic hydroxyl groups excluding tert-OH is 1. The molecule has 0 radical (unpaired) electrons. The lowest BCUT2D eigenvalue weighted by atomic mass is 9.98. The molecule has 3 unspecified atom stereocenters. The maximum Gasteiger partial charge on any atom is 0.207 e. The highest BCUT2D eigenvalue weighted by Gasteiger charge is 2.22. The second-order valence-corrected chi connectivity index (χ2v) is 11.5. The van der Waals surface area contributed by atoms with Crippen LogP contribution in [-0.2, 0) is 11.8 Å². The number of amides is 1. The molecular formula is C28H37Cl4N5O3. The molecule has 2 aliphatic rings. The second-order valence-electron chi connectivity index (χ2n) is 9.97. The van der Waals surface area contributed by atoms with Crippen molar-refractivity contribution in [3.05, 3.63) is 62.6 Å². The molecule has 40 heavy (non-hydrogen) atoms. The van der Waals surface area contributed by atoms with E-state index in [1.807, 2.05) is 25.1 Å². The number of β-amino-alcohol motifs (C(OH)–C–C–N with tert-alkyl or cyclic N) is 1. The van der Waals surface area contributed by atoms with Crippen LogP contribution < -0.4 is 10.6 Å². The minimum atomic E-state index is -0.126. The van der Waals surface area contributed by atoms with E-state index in [4.69, 9.17) is 50.8 Å². The van der Waals surface area contributed by atoms with Crippen LogP contribution in [0.3, 0.4) is 0 Å². The van der Waals surface area contributed by atoms with Gasteiger partial charge in [0.2, 0.25) is 11.6 Å². The SMILES string of the molecule is Cc1cc(-c2c(Cl)cnn2C)c(Cl)o1.Clc1ccccc1Cl.O=CNC1CCC(CCN2CCCC(O)C2)NC1. The zero-order valence-electron chi connectivity index (χ0n) is 22.8. The average Bonchev–Trinajstić information content (AvgIpc) is 3.44. The van der Waals surface area contributed by atoms with Crippen molar-refractivity contribution < 1.29 is 14.3 Å². The molecule has 4 heterocycles. The topological polar surface area (TPSA) is 95.6 Å². The van der Waals surface area contributed by atoms with Gasteiger partial charge in [0.1, 0.15) is 5.76 Å². The van der Waals surface area contributed by atoms with E-state index in [9.17, 15) is 9.90 Å². The van der Waals surface area contributed by atoms with Gasteiger partial charge in [-0.25, -0.2) is 0 Å². The molecule has 2 saturated heterocycles. The van der Waals surface area contributed by atoms with Gasteiger partial charge >= 0.3 is 0 Å². The van der Waals surface area contributed by atoms with Gasteiger partial charge in [0, 0.05) is 32.2 Å². The van der Waals surface area contributed by atoms with Crippen molar-refractivity contribution in [1.29, 1.82) is 0 Å². The molecule has 5 rings (SSSR count). The van der Waals surface area contributed by atoms with Crippen LogP contribution in [0, 0.1) is 6.92 Å². The van der Waals surface area contributed by atoms with Gasteiger partial charge in [0.15, 0.2) is 0 Å². The first-order chi connectivity index (χ1) is 19.2. The summed E-state index contributed by atoms with van der Waals surface area (Å²) in [6.07, 6.45) is 7.65. The number of carbonyl (C=O) groups is 1. The molecule has 3 aromatic rings. The first-order valence-electron chi connectivity index (χ1n) is 13.3. The van der Waals surface area contributed by atoms with Gasteiger partial charge in [-0.15, -0.1) is 0 Å².